The lowest BCUT2D eigenvalue weighted by molar-refractivity contribution is -0.126. The molecule has 1 aliphatic rings. The van der Waals surface area contributed by atoms with Crippen LogP contribution in [-0.2, 0) is 16.1 Å². The lowest BCUT2D eigenvalue weighted by Crippen LogP contribution is -2.45. The number of anilines is 1. The minimum atomic E-state index is -0.267. The van der Waals surface area contributed by atoms with Gasteiger partial charge in [0.25, 0.3) is 0 Å². The van der Waals surface area contributed by atoms with E-state index in [9.17, 15) is 9.59 Å². The van der Waals surface area contributed by atoms with Gasteiger partial charge < -0.3 is 15.1 Å². The summed E-state index contributed by atoms with van der Waals surface area (Å²) in [6.45, 7) is 1.33. The van der Waals surface area contributed by atoms with E-state index in [1.165, 1.54) is 0 Å². The van der Waals surface area contributed by atoms with Crippen molar-refractivity contribution in [2.45, 2.75) is 25.4 Å². The van der Waals surface area contributed by atoms with Crippen molar-refractivity contribution in [2.24, 2.45) is 0 Å². The number of nitrogens with one attached hydrogen (secondary N) is 2. The standard InChI is InChI=1S/C18H20IN3O3/c19-13-4-1-5-14(10-13)21-17(23)12-22-8-2-7-16(22)18(24)20-11-15-6-3-9-25-15/h1,3-6,9-10,16H,2,7-8,11-12H2,(H,20,24)(H,21,23)/t16-/m1/s1. The zero-order valence-corrected chi connectivity index (χ0v) is 15.9. The molecule has 2 amide bonds. The highest BCUT2D eigenvalue weighted by molar-refractivity contribution is 14.1. The minimum Gasteiger partial charge on any atom is -0.467 e. The second-order valence-electron chi connectivity index (χ2n) is 5.98. The molecule has 0 saturated carbocycles. The lowest BCUT2D eigenvalue weighted by Gasteiger charge is -2.23. The van der Waals surface area contributed by atoms with Gasteiger partial charge in [-0.1, -0.05) is 6.07 Å². The Bertz CT molecular complexity index is 733. The molecule has 1 aliphatic heterocycles. The second kappa shape index (κ2) is 8.48. The number of amides is 2. The van der Waals surface area contributed by atoms with Gasteiger partial charge in [0.15, 0.2) is 0 Å². The maximum absolute atomic E-state index is 12.4. The van der Waals surface area contributed by atoms with Crippen LogP contribution in [0.1, 0.15) is 18.6 Å². The van der Waals surface area contributed by atoms with Crippen LogP contribution < -0.4 is 10.6 Å². The van der Waals surface area contributed by atoms with Crippen LogP contribution in [0.3, 0.4) is 0 Å². The largest absolute Gasteiger partial charge is 0.467 e. The number of hydrogen-bond donors (Lipinski definition) is 2. The summed E-state index contributed by atoms with van der Waals surface area (Å²) in [5.74, 6) is 0.554. The zero-order chi connectivity index (χ0) is 17.6. The molecule has 1 saturated heterocycles. The van der Waals surface area contributed by atoms with E-state index in [4.69, 9.17) is 4.42 Å². The number of halogens is 1. The molecule has 6 nitrogen and oxygen atoms in total. The molecule has 0 spiro atoms. The molecule has 1 atom stereocenters. The third kappa shape index (κ3) is 5.05. The fourth-order valence-corrected chi connectivity index (χ4v) is 3.51. The van der Waals surface area contributed by atoms with Crippen molar-refractivity contribution in [3.05, 3.63) is 52.0 Å². The van der Waals surface area contributed by atoms with E-state index in [0.29, 0.717) is 12.3 Å². The maximum Gasteiger partial charge on any atom is 0.238 e. The van der Waals surface area contributed by atoms with Gasteiger partial charge in [0.2, 0.25) is 11.8 Å². The SMILES string of the molecule is O=C(CN1CCC[C@@H]1C(=O)NCc1ccco1)Nc1cccc(I)c1. The van der Waals surface area contributed by atoms with E-state index >= 15 is 0 Å². The van der Waals surface area contributed by atoms with Crippen LogP contribution in [0, 0.1) is 3.57 Å². The molecule has 1 aromatic heterocycles. The van der Waals surface area contributed by atoms with Crippen molar-refractivity contribution in [1.82, 2.24) is 10.2 Å². The second-order valence-corrected chi connectivity index (χ2v) is 7.23. The Hall–Kier alpha value is -1.87. The van der Waals surface area contributed by atoms with Crippen LogP contribution in [0.25, 0.3) is 0 Å². The Morgan fingerprint density at radius 1 is 1.28 bits per heavy atom. The van der Waals surface area contributed by atoms with Crippen molar-refractivity contribution in [2.75, 3.05) is 18.4 Å². The summed E-state index contributed by atoms with van der Waals surface area (Å²) < 4.78 is 6.28. The number of carbonyl (C=O) groups is 2. The predicted octanol–water partition coefficient (Wildman–Crippen LogP) is 2.60. The van der Waals surface area contributed by atoms with Gasteiger partial charge in [-0.3, -0.25) is 14.5 Å². The topological polar surface area (TPSA) is 74.6 Å². The highest BCUT2D eigenvalue weighted by Crippen LogP contribution is 2.18. The monoisotopic (exact) mass is 453 g/mol. The van der Waals surface area contributed by atoms with Crippen LogP contribution >= 0.6 is 22.6 Å². The molecule has 1 fully saturated rings. The van der Waals surface area contributed by atoms with Crippen LogP contribution in [0.15, 0.2) is 47.1 Å². The number of nitrogens with zero attached hydrogens (tertiary/aromatic N) is 1. The van der Waals surface area contributed by atoms with Gasteiger partial charge in [0.1, 0.15) is 5.76 Å². The van der Waals surface area contributed by atoms with Crippen LogP contribution in [-0.4, -0.2) is 35.8 Å². The first-order valence-electron chi connectivity index (χ1n) is 8.21. The number of hydrogen-bond acceptors (Lipinski definition) is 4. The van der Waals surface area contributed by atoms with Crippen LogP contribution in [0.2, 0.25) is 0 Å². The Labute approximate surface area is 160 Å². The molecule has 1 aromatic carbocycles. The third-order valence-corrected chi connectivity index (χ3v) is 4.81. The molecule has 132 valence electrons. The molecule has 0 unspecified atom stereocenters. The zero-order valence-electron chi connectivity index (χ0n) is 13.7. The van der Waals surface area contributed by atoms with Gasteiger partial charge in [-0.25, -0.2) is 0 Å². The maximum atomic E-state index is 12.4. The fourth-order valence-electron chi connectivity index (χ4n) is 2.97. The Morgan fingerprint density at radius 2 is 2.16 bits per heavy atom. The molecule has 2 N–H and O–H groups in total. The Kier molecular flexibility index (Phi) is 6.09. The molecule has 0 radical (unpaired) electrons. The lowest BCUT2D eigenvalue weighted by atomic mass is 10.2. The van der Waals surface area contributed by atoms with Gasteiger partial charge in [-0.2, -0.15) is 0 Å². The first kappa shape index (κ1) is 17.9. The number of furan rings is 1. The number of rotatable bonds is 6. The van der Waals surface area contributed by atoms with Crippen molar-refractivity contribution in [3.8, 4) is 0 Å². The molecular formula is C18H20IN3O3. The molecule has 0 bridgehead atoms. The normalized spacial score (nSPS) is 17.4. The highest BCUT2D eigenvalue weighted by atomic mass is 127. The van der Waals surface area contributed by atoms with Crippen molar-refractivity contribution < 1.29 is 14.0 Å². The third-order valence-electron chi connectivity index (χ3n) is 4.14. The van der Waals surface area contributed by atoms with Gasteiger partial charge in [0, 0.05) is 9.26 Å². The van der Waals surface area contributed by atoms with E-state index in [1.54, 1.807) is 12.3 Å². The molecule has 25 heavy (non-hydrogen) atoms. The van der Waals surface area contributed by atoms with E-state index in [2.05, 4.69) is 33.2 Å². The summed E-state index contributed by atoms with van der Waals surface area (Å²) in [5.41, 5.74) is 0.773. The van der Waals surface area contributed by atoms with Crippen molar-refractivity contribution in [1.29, 1.82) is 0 Å². The highest BCUT2D eigenvalue weighted by Gasteiger charge is 2.31. The van der Waals surface area contributed by atoms with Gasteiger partial charge in [-0.15, -0.1) is 0 Å². The van der Waals surface area contributed by atoms with E-state index < -0.39 is 0 Å². The smallest absolute Gasteiger partial charge is 0.238 e. The predicted molar refractivity (Wildman–Crippen MR) is 103 cm³/mol. The van der Waals surface area contributed by atoms with Gasteiger partial charge in [-0.05, 0) is 72.3 Å². The molecule has 3 rings (SSSR count). The van der Waals surface area contributed by atoms with Gasteiger partial charge >= 0.3 is 0 Å². The van der Waals surface area contributed by atoms with Crippen molar-refractivity contribution in [3.63, 3.8) is 0 Å². The summed E-state index contributed by atoms with van der Waals surface area (Å²) in [4.78, 5) is 26.6. The van der Waals surface area contributed by atoms with E-state index in [-0.39, 0.29) is 24.4 Å². The average molecular weight is 453 g/mol. The molecular weight excluding hydrogens is 433 g/mol. The summed E-state index contributed by atoms with van der Waals surface area (Å²) in [7, 11) is 0. The first-order valence-corrected chi connectivity index (χ1v) is 9.29. The number of likely N-dealkylation sites (tertiary alicyclic amines) is 1. The Morgan fingerprint density at radius 3 is 2.92 bits per heavy atom. The summed E-state index contributed by atoms with van der Waals surface area (Å²) >= 11 is 2.21. The summed E-state index contributed by atoms with van der Waals surface area (Å²) in [6, 6.07) is 11.0. The Balaban J connectivity index is 1.52. The summed E-state index contributed by atoms with van der Waals surface area (Å²) in [6.07, 6.45) is 3.26. The fraction of sp³-hybridized carbons (Fsp3) is 0.333. The summed E-state index contributed by atoms with van der Waals surface area (Å²) in [5, 5.41) is 5.77. The quantitative estimate of drug-likeness (QED) is 0.660. The van der Waals surface area contributed by atoms with Crippen LogP contribution in [0.5, 0.6) is 0 Å². The van der Waals surface area contributed by atoms with E-state index in [1.807, 2.05) is 35.2 Å². The van der Waals surface area contributed by atoms with Crippen molar-refractivity contribution >= 4 is 40.1 Å². The van der Waals surface area contributed by atoms with Crippen LogP contribution in [0.4, 0.5) is 5.69 Å². The average Bonchev–Trinajstić information content (AvgIpc) is 3.24. The molecule has 7 heteroatoms. The van der Waals surface area contributed by atoms with E-state index in [0.717, 1.165) is 28.6 Å². The number of benzene rings is 1. The molecule has 2 heterocycles. The number of carbonyl (C=O) groups excluding carboxylic acids is 2. The molecule has 2 aromatic rings. The first-order chi connectivity index (χ1) is 12.1. The minimum absolute atomic E-state index is 0.0593. The van der Waals surface area contributed by atoms with Gasteiger partial charge in [0.05, 0.1) is 25.4 Å². The molecule has 0 aliphatic carbocycles.